The van der Waals surface area contributed by atoms with Gasteiger partial charge >= 0.3 is 0 Å². The van der Waals surface area contributed by atoms with E-state index in [1.165, 1.54) is 11.3 Å². The Bertz CT molecular complexity index is 915. The van der Waals surface area contributed by atoms with Gasteiger partial charge in [0.15, 0.2) is 5.96 Å². The molecule has 0 saturated carbocycles. The van der Waals surface area contributed by atoms with E-state index in [0.717, 1.165) is 56.4 Å². The summed E-state index contributed by atoms with van der Waals surface area (Å²) < 4.78 is 3.96. The summed E-state index contributed by atoms with van der Waals surface area (Å²) in [4.78, 5) is 4.68. The molecule has 3 rings (SSSR count). The van der Waals surface area contributed by atoms with E-state index >= 15 is 0 Å². The predicted octanol–water partition coefficient (Wildman–Crippen LogP) is 3.49. The van der Waals surface area contributed by atoms with Crippen LogP contribution in [0.3, 0.4) is 0 Å². The minimum absolute atomic E-state index is 0. The highest BCUT2D eigenvalue weighted by molar-refractivity contribution is 14.0. The van der Waals surface area contributed by atoms with Crippen molar-refractivity contribution >= 4 is 29.9 Å². The molecular weight excluding hydrogens is 489 g/mol. The van der Waals surface area contributed by atoms with Gasteiger partial charge in [0.1, 0.15) is 0 Å². The van der Waals surface area contributed by atoms with Crippen LogP contribution in [0.1, 0.15) is 30.3 Å². The third-order valence-electron chi connectivity index (χ3n) is 4.61. The van der Waals surface area contributed by atoms with Crippen LogP contribution in [-0.2, 0) is 13.0 Å². The van der Waals surface area contributed by atoms with E-state index in [0.29, 0.717) is 0 Å². The largest absolute Gasteiger partial charge is 0.357 e. The van der Waals surface area contributed by atoms with Crippen LogP contribution in [-0.4, -0.2) is 45.2 Å². The van der Waals surface area contributed by atoms with Crippen molar-refractivity contribution < 1.29 is 0 Å². The van der Waals surface area contributed by atoms with Crippen molar-refractivity contribution in [3.05, 3.63) is 65.7 Å². The zero-order valence-electron chi connectivity index (χ0n) is 18.0. The van der Waals surface area contributed by atoms with E-state index in [4.69, 9.17) is 0 Å². The summed E-state index contributed by atoms with van der Waals surface area (Å²) in [5.41, 5.74) is 4.54. The lowest BCUT2D eigenvalue weighted by Crippen LogP contribution is -2.38. The van der Waals surface area contributed by atoms with Gasteiger partial charge < -0.3 is 10.6 Å². The van der Waals surface area contributed by atoms with E-state index in [1.54, 1.807) is 0 Å². The number of aryl methyl sites for hydroxylation is 3. The molecule has 0 atom stereocenters. The number of benzene rings is 1. The van der Waals surface area contributed by atoms with Crippen molar-refractivity contribution in [3.63, 3.8) is 0 Å². The number of aliphatic imine (C=N–C) groups is 1. The number of hydrogen-bond donors (Lipinski definition) is 2. The van der Waals surface area contributed by atoms with E-state index < -0.39 is 0 Å². The zero-order chi connectivity index (χ0) is 20.5. The maximum atomic E-state index is 4.68. The minimum atomic E-state index is 0. The molecule has 1 aromatic carbocycles. The maximum absolute atomic E-state index is 4.68. The van der Waals surface area contributed by atoms with Crippen LogP contribution in [0.25, 0.3) is 5.69 Å². The van der Waals surface area contributed by atoms with Crippen LogP contribution in [0.2, 0.25) is 0 Å². The fourth-order valence-corrected chi connectivity index (χ4v) is 3.19. The molecule has 30 heavy (non-hydrogen) atoms. The van der Waals surface area contributed by atoms with Crippen molar-refractivity contribution in [2.45, 2.75) is 40.2 Å². The van der Waals surface area contributed by atoms with Gasteiger partial charge in [-0.05, 0) is 57.4 Å². The Labute approximate surface area is 196 Å². The molecule has 7 nitrogen and oxygen atoms in total. The molecule has 2 heterocycles. The topological polar surface area (TPSA) is 72.1 Å². The monoisotopic (exact) mass is 521 g/mol. The Kier molecular flexibility index (Phi) is 9.85. The van der Waals surface area contributed by atoms with Crippen LogP contribution in [0.4, 0.5) is 0 Å². The maximum Gasteiger partial charge on any atom is 0.191 e. The molecule has 3 aromatic rings. The molecule has 0 amide bonds. The molecular formula is C22H32IN7. The molecule has 162 valence electrons. The second kappa shape index (κ2) is 12.4. The van der Waals surface area contributed by atoms with E-state index in [1.807, 2.05) is 36.0 Å². The smallest absolute Gasteiger partial charge is 0.191 e. The van der Waals surface area contributed by atoms with E-state index in [9.17, 15) is 0 Å². The van der Waals surface area contributed by atoms with Gasteiger partial charge in [-0.1, -0.05) is 18.2 Å². The first kappa shape index (κ1) is 23.9. The lowest BCUT2D eigenvalue weighted by molar-refractivity contribution is 0.567. The number of nitrogens with one attached hydrogen (secondary N) is 2. The van der Waals surface area contributed by atoms with Gasteiger partial charge in [-0.2, -0.15) is 10.2 Å². The standard InChI is InChI=1S/C22H31N7.HI/c1-4-23-22(24-12-8-14-28-19(3)15-18(2)27-28)25-13-11-20-16-26-29(17-20)21-9-6-5-7-10-21;/h5-7,9-10,15-17H,4,8,11-14H2,1-3H3,(H2,23,24,25);1H. The van der Waals surface area contributed by atoms with Crippen molar-refractivity contribution in [1.82, 2.24) is 30.2 Å². The van der Waals surface area contributed by atoms with Crippen LogP contribution < -0.4 is 10.6 Å². The summed E-state index contributed by atoms with van der Waals surface area (Å²) in [7, 11) is 0. The SMILES string of the molecule is CCNC(=NCCCn1nc(C)cc1C)NCCc1cnn(-c2ccccc2)c1.I. The Balaban J connectivity index is 0.00000320. The first-order valence-electron chi connectivity index (χ1n) is 10.3. The molecule has 8 heteroatoms. The number of halogens is 1. The van der Waals surface area contributed by atoms with Gasteiger partial charge in [-0.25, -0.2) is 4.68 Å². The number of para-hydroxylation sites is 1. The van der Waals surface area contributed by atoms with Crippen molar-refractivity contribution in [2.24, 2.45) is 4.99 Å². The Morgan fingerprint density at radius 2 is 1.93 bits per heavy atom. The van der Waals surface area contributed by atoms with Crippen LogP contribution in [0.5, 0.6) is 0 Å². The molecule has 0 saturated heterocycles. The first-order valence-corrected chi connectivity index (χ1v) is 10.3. The second-order valence-electron chi connectivity index (χ2n) is 7.07. The van der Waals surface area contributed by atoms with Gasteiger partial charge in [0, 0.05) is 38.1 Å². The third-order valence-corrected chi connectivity index (χ3v) is 4.61. The molecule has 0 bridgehead atoms. The quantitative estimate of drug-likeness (QED) is 0.196. The predicted molar refractivity (Wildman–Crippen MR) is 133 cm³/mol. The first-order chi connectivity index (χ1) is 14.2. The highest BCUT2D eigenvalue weighted by Gasteiger charge is 2.03. The number of aromatic nitrogens is 4. The lowest BCUT2D eigenvalue weighted by Gasteiger charge is -2.11. The number of hydrogen-bond acceptors (Lipinski definition) is 3. The summed E-state index contributed by atoms with van der Waals surface area (Å²) in [6.07, 6.45) is 5.86. The average molecular weight is 521 g/mol. The summed E-state index contributed by atoms with van der Waals surface area (Å²) in [5.74, 6) is 0.858. The van der Waals surface area contributed by atoms with Crippen LogP contribution in [0, 0.1) is 13.8 Å². The lowest BCUT2D eigenvalue weighted by atomic mass is 10.2. The molecule has 2 aromatic heterocycles. The molecule has 0 aliphatic carbocycles. The summed E-state index contributed by atoms with van der Waals surface area (Å²) in [6, 6.07) is 12.3. The molecule has 0 aliphatic heterocycles. The normalized spacial score (nSPS) is 11.2. The summed E-state index contributed by atoms with van der Waals surface area (Å²) >= 11 is 0. The molecule has 0 unspecified atom stereocenters. The van der Waals surface area contributed by atoms with E-state index in [2.05, 4.69) is 68.7 Å². The fourth-order valence-electron chi connectivity index (χ4n) is 3.19. The highest BCUT2D eigenvalue weighted by Crippen LogP contribution is 2.07. The second-order valence-corrected chi connectivity index (χ2v) is 7.07. The number of rotatable bonds is 9. The summed E-state index contributed by atoms with van der Waals surface area (Å²) in [6.45, 7) is 9.50. The number of guanidine groups is 1. The Morgan fingerprint density at radius 1 is 1.13 bits per heavy atom. The number of nitrogens with zero attached hydrogens (tertiary/aromatic N) is 5. The van der Waals surface area contributed by atoms with Gasteiger partial charge in [0.25, 0.3) is 0 Å². The molecule has 2 N–H and O–H groups in total. The zero-order valence-corrected chi connectivity index (χ0v) is 20.3. The summed E-state index contributed by atoms with van der Waals surface area (Å²) in [5, 5.41) is 15.7. The van der Waals surface area contributed by atoms with Crippen LogP contribution in [0.15, 0.2) is 53.8 Å². The fraction of sp³-hybridized carbons (Fsp3) is 0.409. The molecule has 0 spiro atoms. The Morgan fingerprint density at radius 3 is 2.63 bits per heavy atom. The molecule has 0 aliphatic rings. The van der Waals surface area contributed by atoms with Crippen molar-refractivity contribution in [2.75, 3.05) is 19.6 Å². The van der Waals surface area contributed by atoms with Gasteiger partial charge in [-0.15, -0.1) is 24.0 Å². The minimum Gasteiger partial charge on any atom is -0.357 e. The van der Waals surface area contributed by atoms with E-state index in [-0.39, 0.29) is 24.0 Å². The Hall–Kier alpha value is -2.36. The van der Waals surface area contributed by atoms with Gasteiger partial charge in [0.2, 0.25) is 0 Å². The highest BCUT2D eigenvalue weighted by atomic mass is 127. The van der Waals surface area contributed by atoms with Gasteiger partial charge in [0.05, 0.1) is 17.6 Å². The molecule has 0 radical (unpaired) electrons. The van der Waals surface area contributed by atoms with Crippen molar-refractivity contribution in [3.8, 4) is 5.69 Å². The van der Waals surface area contributed by atoms with Gasteiger partial charge in [-0.3, -0.25) is 9.67 Å². The van der Waals surface area contributed by atoms with Crippen LogP contribution >= 0.6 is 24.0 Å². The molecule has 0 fully saturated rings. The van der Waals surface area contributed by atoms with Crippen molar-refractivity contribution in [1.29, 1.82) is 0 Å². The average Bonchev–Trinajstić information content (AvgIpc) is 3.32. The third kappa shape index (κ3) is 7.16.